The minimum atomic E-state index is -1.01. The van der Waals surface area contributed by atoms with Gasteiger partial charge in [-0.25, -0.2) is 4.79 Å². The van der Waals surface area contributed by atoms with Crippen molar-refractivity contribution in [2.45, 2.75) is 38.8 Å². The van der Waals surface area contributed by atoms with E-state index >= 15 is 0 Å². The van der Waals surface area contributed by atoms with Gasteiger partial charge in [0.2, 0.25) is 0 Å². The molecule has 0 heterocycles. The van der Waals surface area contributed by atoms with Crippen molar-refractivity contribution in [1.29, 1.82) is 5.26 Å². The van der Waals surface area contributed by atoms with Crippen LogP contribution in [0.3, 0.4) is 0 Å². The molecule has 1 atom stereocenters. The maximum atomic E-state index is 10.8. The number of hydrogen-bond donors (Lipinski definition) is 3. The molecule has 5 nitrogen and oxygen atoms in total. The molecule has 20 heavy (non-hydrogen) atoms. The van der Waals surface area contributed by atoms with Crippen LogP contribution in [0.25, 0.3) is 0 Å². The van der Waals surface area contributed by atoms with Gasteiger partial charge in [0.05, 0.1) is 11.6 Å². The van der Waals surface area contributed by atoms with Crippen LogP contribution < -0.4 is 10.6 Å². The van der Waals surface area contributed by atoms with E-state index in [9.17, 15) is 4.79 Å². The molecule has 0 bridgehead atoms. The smallest absolute Gasteiger partial charge is 0.404 e. The van der Waals surface area contributed by atoms with Crippen molar-refractivity contribution in [2.75, 3.05) is 6.54 Å². The molecule has 0 saturated carbocycles. The van der Waals surface area contributed by atoms with E-state index in [1.165, 1.54) is 0 Å². The van der Waals surface area contributed by atoms with E-state index in [0.29, 0.717) is 18.0 Å². The monoisotopic (exact) mass is 275 g/mol. The first-order valence-electron chi connectivity index (χ1n) is 6.73. The third kappa shape index (κ3) is 6.21. The van der Waals surface area contributed by atoms with Gasteiger partial charge in [-0.3, -0.25) is 0 Å². The lowest BCUT2D eigenvalue weighted by atomic mass is 10.0. The predicted molar refractivity (Wildman–Crippen MR) is 77.6 cm³/mol. The number of benzene rings is 1. The fraction of sp³-hybridized carbons (Fsp3) is 0.467. The Morgan fingerprint density at radius 1 is 1.35 bits per heavy atom. The summed E-state index contributed by atoms with van der Waals surface area (Å²) in [6, 6.07) is 9.55. The average molecular weight is 275 g/mol. The molecule has 0 aliphatic heterocycles. The van der Waals surface area contributed by atoms with Crippen LogP contribution in [-0.2, 0) is 6.42 Å². The lowest BCUT2D eigenvalue weighted by molar-refractivity contribution is 0.189. The van der Waals surface area contributed by atoms with Crippen molar-refractivity contribution < 1.29 is 9.90 Å². The summed E-state index contributed by atoms with van der Waals surface area (Å²) in [5.41, 5.74) is 1.63. The molecule has 0 aliphatic carbocycles. The highest BCUT2D eigenvalue weighted by Crippen LogP contribution is 2.08. The van der Waals surface area contributed by atoms with Crippen LogP contribution in [0, 0.1) is 11.3 Å². The molecular formula is C15H21N3O2. The molecule has 1 amide bonds. The molecular weight excluding hydrogens is 254 g/mol. The van der Waals surface area contributed by atoms with Crippen LogP contribution in [0.1, 0.15) is 31.4 Å². The quantitative estimate of drug-likeness (QED) is 0.711. The van der Waals surface area contributed by atoms with Gasteiger partial charge in [-0.1, -0.05) is 26.0 Å². The zero-order valence-corrected chi connectivity index (χ0v) is 11.9. The van der Waals surface area contributed by atoms with Gasteiger partial charge < -0.3 is 15.7 Å². The Bertz CT molecular complexity index is 463. The lowest BCUT2D eigenvalue weighted by Gasteiger charge is -2.18. The highest BCUT2D eigenvalue weighted by atomic mass is 16.4. The second-order valence-electron chi connectivity index (χ2n) is 5.06. The van der Waals surface area contributed by atoms with Gasteiger partial charge in [-0.05, 0) is 37.1 Å². The van der Waals surface area contributed by atoms with Gasteiger partial charge in [-0.15, -0.1) is 0 Å². The van der Waals surface area contributed by atoms with Crippen molar-refractivity contribution >= 4 is 6.09 Å². The topological polar surface area (TPSA) is 85.2 Å². The van der Waals surface area contributed by atoms with E-state index in [2.05, 4.69) is 30.6 Å². The van der Waals surface area contributed by atoms with Gasteiger partial charge in [0.1, 0.15) is 0 Å². The third-order valence-corrected chi connectivity index (χ3v) is 2.94. The summed E-state index contributed by atoms with van der Waals surface area (Å²) in [6.45, 7) is 4.87. The Balaban J connectivity index is 2.58. The summed E-state index contributed by atoms with van der Waals surface area (Å²) in [7, 11) is 0. The Morgan fingerprint density at radius 2 is 2.00 bits per heavy atom. The molecule has 5 heteroatoms. The van der Waals surface area contributed by atoms with E-state index in [-0.39, 0.29) is 6.04 Å². The Morgan fingerprint density at radius 3 is 2.50 bits per heavy atom. The summed E-state index contributed by atoms with van der Waals surface area (Å²) in [5, 5.41) is 23.4. The zero-order chi connectivity index (χ0) is 15.0. The summed E-state index contributed by atoms with van der Waals surface area (Å²) < 4.78 is 0. The third-order valence-electron chi connectivity index (χ3n) is 2.94. The Labute approximate surface area is 119 Å². The zero-order valence-electron chi connectivity index (χ0n) is 11.9. The highest BCUT2D eigenvalue weighted by molar-refractivity contribution is 5.64. The molecule has 0 saturated heterocycles. The average Bonchev–Trinajstić information content (AvgIpc) is 2.38. The van der Waals surface area contributed by atoms with Crippen LogP contribution >= 0.6 is 0 Å². The molecule has 1 rings (SSSR count). The fourth-order valence-electron chi connectivity index (χ4n) is 1.95. The molecule has 0 spiro atoms. The second-order valence-corrected chi connectivity index (χ2v) is 5.06. The second kappa shape index (κ2) is 8.18. The van der Waals surface area contributed by atoms with Crippen molar-refractivity contribution in [3.63, 3.8) is 0 Å². The summed E-state index contributed by atoms with van der Waals surface area (Å²) in [5.74, 6) is 0. The molecule has 0 radical (unpaired) electrons. The SMILES string of the molecule is CC(C)NCC[C@@H](Cc1ccc(C#N)cc1)NC(=O)O. The number of nitrogens with one attached hydrogen (secondary N) is 2. The van der Waals surface area contributed by atoms with Gasteiger partial charge in [0.25, 0.3) is 0 Å². The van der Waals surface area contributed by atoms with Gasteiger partial charge in [0, 0.05) is 12.1 Å². The molecule has 108 valence electrons. The molecule has 0 aliphatic rings. The van der Waals surface area contributed by atoms with E-state index < -0.39 is 6.09 Å². The number of amides is 1. The van der Waals surface area contributed by atoms with E-state index in [1.54, 1.807) is 12.1 Å². The van der Waals surface area contributed by atoms with Gasteiger partial charge >= 0.3 is 6.09 Å². The number of hydrogen-bond acceptors (Lipinski definition) is 3. The number of carboxylic acid groups (broad SMARTS) is 1. The van der Waals surface area contributed by atoms with Crippen LogP contribution in [0.15, 0.2) is 24.3 Å². The number of nitrogens with zero attached hydrogens (tertiary/aromatic N) is 1. The highest BCUT2D eigenvalue weighted by Gasteiger charge is 2.12. The molecule has 1 aromatic carbocycles. The molecule has 0 unspecified atom stereocenters. The number of carbonyl (C=O) groups is 1. The normalized spacial score (nSPS) is 11.9. The van der Waals surface area contributed by atoms with Crippen LogP contribution in [0.5, 0.6) is 0 Å². The molecule has 3 N–H and O–H groups in total. The first-order chi connectivity index (χ1) is 9.51. The van der Waals surface area contributed by atoms with E-state index in [0.717, 1.165) is 18.5 Å². The van der Waals surface area contributed by atoms with Gasteiger partial charge in [-0.2, -0.15) is 5.26 Å². The van der Waals surface area contributed by atoms with E-state index in [4.69, 9.17) is 10.4 Å². The first-order valence-corrected chi connectivity index (χ1v) is 6.73. The predicted octanol–water partition coefficient (Wildman–Crippen LogP) is 2.13. The van der Waals surface area contributed by atoms with Crippen molar-refractivity contribution in [3.05, 3.63) is 35.4 Å². The Hall–Kier alpha value is -2.06. The fourth-order valence-corrected chi connectivity index (χ4v) is 1.95. The first kappa shape index (κ1) is 16.0. The Kier molecular flexibility index (Phi) is 6.54. The molecule has 0 fully saturated rings. The molecule has 0 aromatic heterocycles. The number of nitriles is 1. The summed E-state index contributed by atoms with van der Waals surface area (Å²) >= 11 is 0. The van der Waals surface area contributed by atoms with E-state index in [1.807, 2.05) is 12.1 Å². The maximum Gasteiger partial charge on any atom is 0.404 e. The largest absolute Gasteiger partial charge is 0.465 e. The minimum absolute atomic E-state index is 0.133. The number of rotatable bonds is 7. The van der Waals surface area contributed by atoms with Crippen molar-refractivity contribution in [2.24, 2.45) is 0 Å². The van der Waals surface area contributed by atoms with Crippen LogP contribution in [0.4, 0.5) is 4.79 Å². The lowest BCUT2D eigenvalue weighted by Crippen LogP contribution is -2.38. The summed E-state index contributed by atoms with van der Waals surface area (Å²) in [6.07, 6.45) is 0.343. The van der Waals surface area contributed by atoms with Crippen LogP contribution in [0.2, 0.25) is 0 Å². The standard InChI is InChI=1S/C15H21N3O2/c1-11(2)17-8-7-14(18-15(19)20)9-12-3-5-13(10-16)6-4-12/h3-6,11,14,17-18H,7-9H2,1-2H3,(H,19,20)/t14-/m0/s1. The van der Waals surface area contributed by atoms with Crippen molar-refractivity contribution in [1.82, 2.24) is 10.6 Å². The minimum Gasteiger partial charge on any atom is -0.465 e. The van der Waals surface area contributed by atoms with Crippen molar-refractivity contribution in [3.8, 4) is 6.07 Å². The van der Waals surface area contributed by atoms with Crippen LogP contribution in [-0.4, -0.2) is 29.8 Å². The maximum absolute atomic E-state index is 10.8. The summed E-state index contributed by atoms with van der Waals surface area (Å²) in [4.78, 5) is 10.8. The van der Waals surface area contributed by atoms with Gasteiger partial charge in [0.15, 0.2) is 0 Å². The molecule has 1 aromatic rings.